The minimum absolute atomic E-state index is 0.165. The van der Waals surface area contributed by atoms with Gasteiger partial charge in [0.25, 0.3) is 5.91 Å². The van der Waals surface area contributed by atoms with Gasteiger partial charge < -0.3 is 11.1 Å². The summed E-state index contributed by atoms with van der Waals surface area (Å²) < 4.78 is 0. The van der Waals surface area contributed by atoms with Crippen molar-refractivity contribution < 1.29 is 4.79 Å². The van der Waals surface area contributed by atoms with Crippen molar-refractivity contribution in [2.75, 3.05) is 5.73 Å². The third-order valence-electron chi connectivity index (χ3n) is 3.88. The van der Waals surface area contributed by atoms with Crippen molar-refractivity contribution in [1.29, 1.82) is 0 Å². The van der Waals surface area contributed by atoms with Crippen LogP contribution in [-0.4, -0.2) is 22.1 Å². The van der Waals surface area contributed by atoms with E-state index >= 15 is 0 Å². The molecule has 1 amide bonds. The molecule has 4 N–H and O–H groups in total. The van der Waals surface area contributed by atoms with E-state index in [1.807, 2.05) is 6.92 Å². The van der Waals surface area contributed by atoms with Gasteiger partial charge in [0.05, 0.1) is 11.4 Å². The Labute approximate surface area is 108 Å². The van der Waals surface area contributed by atoms with Crippen LogP contribution in [0.4, 0.5) is 5.69 Å². The second-order valence-electron chi connectivity index (χ2n) is 6.02. The van der Waals surface area contributed by atoms with Crippen molar-refractivity contribution in [1.82, 2.24) is 15.5 Å². The van der Waals surface area contributed by atoms with Gasteiger partial charge in [0.15, 0.2) is 5.69 Å². The Hall–Kier alpha value is -1.52. The van der Waals surface area contributed by atoms with E-state index in [4.69, 9.17) is 5.73 Å². The van der Waals surface area contributed by atoms with Crippen molar-refractivity contribution in [3.05, 3.63) is 11.4 Å². The summed E-state index contributed by atoms with van der Waals surface area (Å²) in [5.74, 6) is -0.165. The summed E-state index contributed by atoms with van der Waals surface area (Å²) in [5, 5.41) is 9.71. The van der Waals surface area contributed by atoms with E-state index in [9.17, 15) is 4.79 Å². The van der Waals surface area contributed by atoms with Crippen molar-refractivity contribution in [2.24, 2.45) is 5.41 Å². The van der Waals surface area contributed by atoms with E-state index in [0.29, 0.717) is 16.8 Å². The number of aromatic nitrogens is 2. The van der Waals surface area contributed by atoms with Gasteiger partial charge in [-0.3, -0.25) is 9.89 Å². The van der Waals surface area contributed by atoms with E-state index in [1.54, 1.807) is 0 Å². The van der Waals surface area contributed by atoms with Crippen LogP contribution < -0.4 is 11.1 Å². The van der Waals surface area contributed by atoms with Crippen molar-refractivity contribution in [2.45, 2.75) is 52.5 Å². The minimum atomic E-state index is -0.165. The molecular formula is C13H22N4O. The molecular weight excluding hydrogens is 228 g/mol. The van der Waals surface area contributed by atoms with Crippen molar-refractivity contribution in [3.63, 3.8) is 0 Å². The van der Waals surface area contributed by atoms with Crippen LogP contribution in [0.15, 0.2) is 0 Å². The number of nitrogens with one attached hydrogen (secondary N) is 2. The number of rotatable bonds is 2. The molecule has 100 valence electrons. The lowest BCUT2D eigenvalue weighted by molar-refractivity contribution is 0.0905. The molecule has 1 aromatic heterocycles. The van der Waals surface area contributed by atoms with Crippen molar-refractivity contribution >= 4 is 11.6 Å². The van der Waals surface area contributed by atoms with E-state index in [0.717, 1.165) is 31.4 Å². The summed E-state index contributed by atoms with van der Waals surface area (Å²) in [6.07, 6.45) is 4.35. The molecule has 1 fully saturated rings. The van der Waals surface area contributed by atoms with Crippen LogP contribution in [0, 0.1) is 12.3 Å². The van der Waals surface area contributed by atoms with Crippen LogP contribution >= 0.6 is 0 Å². The number of nitrogens with zero attached hydrogens (tertiary/aromatic N) is 1. The molecule has 0 aromatic carbocycles. The maximum Gasteiger partial charge on any atom is 0.274 e. The number of hydrogen-bond acceptors (Lipinski definition) is 3. The second kappa shape index (κ2) is 4.63. The summed E-state index contributed by atoms with van der Waals surface area (Å²) >= 11 is 0. The third-order valence-corrected chi connectivity index (χ3v) is 3.88. The molecule has 0 atom stereocenters. The highest BCUT2D eigenvalue weighted by molar-refractivity contribution is 5.97. The zero-order chi connectivity index (χ0) is 13.3. The fourth-order valence-electron chi connectivity index (χ4n) is 2.41. The van der Waals surface area contributed by atoms with Gasteiger partial charge in [0.1, 0.15) is 0 Å². The number of carbonyl (C=O) groups is 1. The summed E-state index contributed by atoms with van der Waals surface area (Å²) in [6.45, 7) is 6.36. The monoisotopic (exact) mass is 250 g/mol. The number of H-pyrrole nitrogens is 1. The van der Waals surface area contributed by atoms with Crippen LogP contribution in [0.25, 0.3) is 0 Å². The number of amides is 1. The zero-order valence-corrected chi connectivity index (χ0v) is 11.3. The molecule has 0 spiro atoms. The fraction of sp³-hybridized carbons (Fsp3) is 0.692. The molecule has 2 rings (SSSR count). The third kappa shape index (κ3) is 2.66. The van der Waals surface area contributed by atoms with Gasteiger partial charge in [-0.1, -0.05) is 13.8 Å². The standard InChI is InChI=1S/C13H22N4O/c1-8-10(14)11(17-16-8)12(18)15-9-4-6-13(2,3)7-5-9/h9H,4-7,14H2,1-3H3,(H,15,18)(H,16,17). The van der Waals surface area contributed by atoms with Gasteiger partial charge in [0.2, 0.25) is 0 Å². The lowest BCUT2D eigenvalue weighted by Gasteiger charge is -2.34. The molecule has 1 aliphatic rings. The molecule has 5 heteroatoms. The Morgan fingerprint density at radius 3 is 2.56 bits per heavy atom. The number of anilines is 1. The Morgan fingerprint density at radius 2 is 2.06 bits per heavy atom. The minimum Gasteiger partial charge on any atom is -0.395 e. The molecule has 0 saturated heterocycles. The first-order valence-corrected chi connectivity index (χ1v) is 6.50. The smallest absolute Gasteiger partial charge is 0.274 e. The van der Waals surface area contributed by atoms with Crippen LogP contribution in [0.5, 0.6) is 0 Å². The van der Waals surface area contributed by atoms with E-state index in [1.165, 1.54) is 0 Å². The fourth-order valence-corrected chi connectivity index (χ4v) is 2.41. The average Bonchev–Trinajstić information content (AvgIpc) is 2.63. The van der Waals surface area contributed by atoms with E-state index in [2.05, 4.69) is 29.4 Å². The molecule has 18 heavy (non-hydrogen) atoms. The molecule has 0 unspecified atom stereocenters. The number of hydrogen-bond donors (Lipinski definition) is 3. The average molecular weight is 250 g/mol. The van der Waals surface area contributed by atoms with Gasteiger partial charge in [-0.05, 0) is 38.0 Å². The van der Waals surface area contributed by atoms with Gasteiger partial charge in [-0.25, -0.2) is 0 Å². The van der Waals surface area contributed by atoms with Gasteiger partial charge >= 0.3 is 0 Å². The van der Waals surface area contributed by atoms with Crippen LogP contribution in [0.1, 0.15) is 55.7 Å². The lowest BCUT2D eigenvalue weighted by atomic mass is 9.75. The Morgan fingerprint density at radius 1 is 1.44 bits per heavy atom. The molecule has 5 nitrogen and oxygen atoms in total. The topological polar surface area (TPSA) is 83.8 Å². The van der Waals surface area contributed by atoms with E-state index < -0.39 is 0 Å². The van der Waals surface area contributed by atoms with Gasteiger partial charge in [-0.15, -0.1) is 0 Å². The lowest BCUT2D eigenvalue weighted by Crippen LogP contribution is -2.39. The summed E-state index contributed by atoms with van der Waals surface area (Å²) in [7, 11) is 0. The predicted octanol–water partition coefficient (Wildman–Crippen LogP) is 2.00. The summed E-state index contributed by atoms with van der Waals surface area (Å²) in [4.78, 5) is 12.0. The maximum absolute atomic E-state index is 12.0. The largest absolute Gasteiger partial charge is 0.395 e. The summed E-state index contributed by atoms with van der Waals surface area (Å²) in [6, 6.07) is 0.252. The van der Waals surface area contributed by atoms with Crippen LogP contribution in [0.3, 0.4) is 0 Å². The Balaban J connectivity index is 1.95. The molecule has 0 aliphatic heterocycles. The van der Waals surface area contributed by atoms with Gasteiger partial charge in [-0.2, -0.15) is 5.10 Å². The Bertz CT molecular complexity index is 440. The molecule has 1 heterocycles. The quantitative estimate of drug-likeness (QED) is 0.750. The highest BCUT2D eigenvalue weighted by atomic mass is 16.2. The summed E-state index contributed by atoms with van der Waals surface area (Å²) in [5.41, 5.74) is 7.71. The maximum atomic E-state index is 12.0. The van der Waals surface area contributed by atoms with Crippen molar-refractivity contribution in [3.8, 4) is 0 Å². The Kier molecular flexibility index (Phi) is 3.32. The molecule has 1 aromatic rings. The second-order valence-corrected chi connectivity index (χ2v) is 6.02. The highest BCUT2D eigenvalue weighted by Crippen LogP contribution is 2.35. The first kappa shape index (κ1) is 12.9. The number of aromatic amines is 1. The molecule has 1 aliphatic carbocycles. The number of nitrogen functional groups attached to an aromatic ring is 1. The normalized spacial score (nSPS) is 19.7. The van der Waals surface area contributed by atoms with Gasteiger partial charge in [0, 0.05) is 6.04 Å². The first-order chi connectivity index (χ1) is 8.39. The van der Waals surface area contributed by atoms with Crippen LogP contribution in [0.2, 0.25) is 0 Å². The number of aryl methyl sites for hydroxylation is 1. The van der Waals surface area contributed by atoms with E-state index in [-0.39, 0.29) is 11.9 Å². The number of nitrogens with two attached hydrogens (primary N) is 1. The molecule has 1 saturated carbocycles. The van der Waals surface area contributed by atoms with Crippen LogP contribution in [-0.2, 0) is 0 Å². The molecule has 0 radical (unpaired) electrons. The SMILES string of the molecule is Cc1[nH]nc(C(=O)NC2CCC(C)(C)CC2)c1N. The first-order valence-electron chi connectivity index (χ1n) is 6.50. The molecule has 0 bridgehead atoms. The predicted molar refractivity (Wildman–Crippen MR) is 71.2 cm³/mol. The highest BCUT2D eigenvalue weighted by Gasteiger charge is 2.28. The zero-order valence-electron chi connectivity index (χ0n) is 11.3. The number of carbonyl (C=O) groups excluding carboxylic acids is 1.